The smallest absolute Gasteiger partial charge is 0.125 e. The Morgan fingerprint density at radius 1 is 1.06 bits per heavy atom. The molecule has 1 N–H and O–H groups in total. The first-order chi connectivity index (χ1) is 8.57. The fourth-order valence-corrected chi connectivity index (χ4v) is 3.25. The van der Waals surface area contributed by atoms with E-state index in [4.69, 9.17) is 4.74 Å². The van der Waals surface area contributed by atoms with Crippen molar-refractivity contribution >= 4 is 0 Å². The summed E-state index contributed by atoms with van der Waals surface area (Å²) in [7, 11) is 1.69. The van der Waals surface area contributed by atoms with Gasteiger partial charge in [-0.2, -0.15) is 0 Å². The van der Waals surface area contributed by atoms with Gasteiger partial charge < -0.3 is 9.84 Å². The molecule has 0 spiro atoms. The first kappa shape index (κ1) is 13.4. The second-order valence-corrected chi connectivity index (χ2v) is 5.60. The highest BCUT2D eigenvalue weighted by molar-refractivity contribution is 5.46. The van der Waals surface area contributed by atoms with Crippen LogP contribution in [0.4, 0.5) is 0 Å². The van der Waals surface area contributed by atoms with E-state index in [0.717, 1.165) is 42.6 Å². The number of hydrogen-bond donors (Lipinski definition) is 1. The molecule has 18 heavy (non-hydrogen) atoms. The third kappa shape index (κ3) is 2.54. The van der Waals surface area contributed by atoms with Crippen molar-refractivity contribution in [3.8, 4) is 5.75 Å². The van der Waals surface area contributed by atoms with E-state index in [1.54, 1.807) is 7.11 Å². The van der Waals surface area contributed by atoms with Crippen molar-refractivity contribution in [1.29, 1.82) is 0 Å². The standard InChI is InChI=1S/C16H24O2/c1-12-10-13(2)15(14(11-12)18-3)16(17)8-6-4-5-7-9-16/h10-11,17H,4-9H2,1-3H3. The van der Waals surface area contributed by atoms with Crippen LogP contribution < -0.4 is 4.74 Å². The molecule has 100 valence electrons. The Kier molecular flexibility index (Phi) is 3.96. The summed E-state index contributed by atoms with van der Waals surface area (Å²) in [5.74, 6) is 0.844. The first-order valence-corrected chi connectivity index (χ1v) is 6.95. The van der Waals surface area contributed by atoms with Crippen LogP contribution in [0.15, 0.2) is 12.1 Å². The number of ether oxygens (including phenoxy) is 1. The summed E-state index contributed by atoms with van der Waals surface area (Å²) in [5, 5.41) is 11.0. The van der Waals surface area contributed by atoms with Crippen molar-refractivity contribution in [2.45, 2.75) is 58.0 Å². The lowest BCUT2D eigenvalue weighted by Gasteiger charge is -2.30. The van der Waals surface area contributed by atoms with Gasteiger partial charge in [0.05, 0.1) is 12.7 Å². The zero-order chi connectivity index (χ0) is 13.2. The fraction of sp³-hybridized carbons (Fsp3) is 0.625. The molecule has 1 aliphatic rings. The van der Waals surface area contributed by atoms with Crippen LogP contribution in [0.25, 0.3) is 0 Å². The molecule has 0 atom stereocenters. The van der Waals surface area contributed by atoms with Crippen LogP contribution in [-0.4, -0.2) is 12.2 Å². The Morgan fingerprint density at radius 2 is 1.67 bits per heavy atom. The molecule has 2 nitrogen and oxygen atoms in total. The predicted octanol–water partition coefficient (Wildman–Crippen LogP) is 3.85. The van der Waals surface area contributed by atoms with E-state index in [-0.39, 0.29) is 0 Å². The maximum absolute atomic E-state index is 11.0. The van der Waals surface area contributed by atoms with Gasteiger partial charge in [0.15, 0.2) is 0 Å². The highest BCUT2D eigenvalue weighted by Gasteiger charge is 2.34. The second kappa shape index (κ2) is 5.31. The molecule has 0 saturated heterocycles. The Morgan fingerprint density at radius 3 is 2.22 bits per heavy atom. The van der Waals surface area contributed by atoms with Crippen molar-refractivity contribution < 1.29 is 9.84 Å². The molecule has 2 rings (SSSR count). The van der Waals surface area contributed by atoms with Crippen LogP contribution in [-0.2, 0) is 5.60 Å². The van der Waals surface area contributed by atoms with Gasteiger partial charge >= 0.3 is 0 Å². The van der Waals surface area contributed by atoms with Gasteiger partial charge in [-0.05, 0) is 43.9 Å². The average Bonchev–Trinajstić information content (AvgIpc) is 2.53. The Labute approximate surface area is 110 Å². The monoisotopic (exact) mass is 248 g/mol. The number of aryl methyl sites for hydroxylation is 2. The van der Waals surface area contributed by atoms with Gasteiger partial charge in [0, 0.05) is 5.56 Å². The van der Waals surface area contributed by atoms with Crippen molar-refractivity contribution in [3.05, 3.63) is 28.8 Å². The lowest BCUT2D eigenvalue weighted by molar-refractivity contribution is 0.0179. The van der Waals surface area contributed by atoms with Crippen molar-refractivity contribution in [1.82, 2.24) is 0 Å². The van der Waals surface area contributed by atoms with Gasteiger partial charge in [-0.3, -0.25) is 0 Å². The van der Waals surface area contributed by atoms with E-state index in [1.807, 2.05) is 6.07 Å². The number of hydrogen-bond acceptors (Lipinski definition) is 2. The van der Waals surface area contributed by atoms with Crippen LogP contribution >= 0.6 is 0 Å². The summed E-state index contributed by atoms with van der Waals surface area (Å²) in [6, 6.07) is 4.17. The quantitative estimate of drug-likeness (QED) is 0.805. The number of aliphatic hydroxyl groups is 1. The largest absolute Gasteiger partial charge is 0.496 e. The summed E-state index contributed by atoms with van der Waals surface area (Å²) >= 11 is 0. The van der Waals surface area contributed by atoms with E-state index in [1.165, 1.54) is 18.4 Å². The molecule has 0 bridgehead atoms. The Balaban J connectivity index is 2.47. The number of benzene rings is 1. The van der Waals surface area contributed by atoms with Crippen molar-refractivity contribution in [3.63, 3.8) is 0 Å². The first-order valence-electron chi connectivity index (χ1n) is 6.95. The third-order valence-corrected chi connectivity index (χ3v) is 4.06. The van der Waals surface area contributed by atoms with Crippen molar-refractivity contribution in [2.24, 2.45) is 0 Å². The number of rotatable bonds is 2. The second-order valence-electron chi connectivity index (χ2n) is 5.60. The molecule has 0 unspecified atom stereocenters. The molecule has 0 heterocycles. The molecule has 1 saturated carbocycles. The maximum Gasteiger partial charge on any atom is 0.125 e. The van der Waals surface area contributed by atoms with E-state index in [2.05, 4.69) is 19.9 Å². The molecule has 1 aliphatic carbocycles. The van der Waals surface area contributed by atoms with Gasteiger partial charge in [-0.1, -0.05) is 31.7 Å². The molecule has 0 aromatic heterocycles. The lowest BCUT2D eigenvalue weighted by Crippen LogP contribution is -2.26. The molecule has 2 heteroatoms. The minimum absolute atomic E-state index is 0.695. The van der Waals surface area contributed by atoms with Crippen LogP contribution in [0.3, 0.4) is 0 Å². The summed E-state index contributed by atoms with van der Waals surface area (Å²) in [4.78, 5) is 0. The number of methoxy groups -OCH3 is 1. The summed E-state index contributed by atoms with van der Waals surface area (Å²) in [5.41, 5.74) is 2.65. The normalized spacial score (nSPS) is 19.3. The van der Waals surface area contributed by atoms with Gasteiger partial charge in [0.2, 0.25) is 0 Å². The Hall–Kier alpha value is -1.02. The van der Waals surface area contributed by atoms with Crippen LogP contribution in [0.1, 0.15) is 55.2 Å². The highest BCUT2D eigenvalue weighted by Crippen LogP contribution is 2.42. The molecule has 0 radical (unpaired) electrons. The SMILES string of the molecule is COc1cc(C)cc(C)c1C1(O)CCCCCC1. The summed E-state index contributed by atoms with van der Waals surface area (Å²) in [6.07, 6.45) is 6.38. The van der Waals surface area contributed by atoms with E-state index in [0.29, 0.717) is 0 Å². The molecular weight excluding hydrogens is 224 g/mol. The predicted molar refractivity (Wildman–Crippen MR) is 74.1 cm³/mol. The van der Waals surface area contributed by atoms with E-state index >= 15 is 0 Å². The molecule has 0 amide bonds. The maximum atomic E-state index is 11.0. The summed E-state index contributed by atoms with van der Waals surface area (Å²) in [6.45, 7) is 4.14. The van der Waals surface area contributed by atoms with E-state index in [9.17, 15) is 5.11 Å². The van der Waals surface area contributed by atoms with Crippen LogP contribution in [0.2, 0.25) is 0 Å². The van der Waals surface area contributed by atoms with Gasteiger partial charge in [0.1, 0.15) is 5.75 Å². The minimum Gasteiger partial charge on any atom is -0.496 e. The third-order valence-electron chi connectivity index (χ3n) is 4.06. The van der Waals surface area contributed by atoms with E-state index < -0.39 is 5.60 Å². The zero-order valence-corrected chi connectivity index (χ0v) is 11.8. The Bertz CT molecular complexity index is 415. The molecule has 0 aliphatic heterocycles. The molecular formula is C16H24O2. The molecule has 1 aromatic carbocycles. The fourth-order valence-electron chi connectivity index (χ4n) is 3.25. The van der Waals surface area contributed by atoms with Crippen LogP contribution in [0, 0.1) is 13.8 Å². The van der Waals surface area contributed by atoms with Gasteiger partial charge in [-0.25, -0.2) is 0 Å². The van der Waals surface area contributed by atoms with Crippen LogP contribution in [0.5, 0.6) is 5.75 Å². The molecule has 1 aromatic rings. The topological polar surface area (TPSA) is 29.5 Å². The van der Waals surface area contributed by atoms with Gasteiger partial charge in [0.25, 0.3) is 0 Å². The summed E-state index contributed by atoms with van der Waals surface area (Å²) < 4.78 is 5.51. The van der Waals surface area contributed by atoms with Crippen molar-refractivity contribution in [2.75, 3.05) is 7.11 Å². The average molecular weight is 248 g/mol. The minimum atomic E-state index is -0.695. The zero-order valence-electron chi connectivity index (χ0n) is 11.8. The van der Waals surface area contributed by atoms with Gasteiger partial charge in [-0.15, -0.1) is 0 Å². The lowest BCUT2D eigenvalue weighted by atomic mass is 9.83. The highest BCUT2D eigenvalue weighted by atomic mass is 16.5. The molecule has 1 fully saturated rings.